The van der Waals surface area contributed by atoms with Gasteiger partial charge in [-0.25, -0.2) is 14.8 Å². The maximum absolute atomic E-state index is 10.6. The fraction of sp³-hybridized carbons (Fsp3) is 0.190. The minimum absolute atomic E-state index is 0.0305. The molecule has 2 heterocycles. The third-order valence-electron chi connectivity index (χ3n) is 4.43. The number of fused-ring (bicyclic) bond motifs is 3. The number of carboxylic acid groups (broad SMARTS) is 1. The third kappa shape index (κ3) is 5.48. The van der Waals surface area contributed by atoms with Crippen LogP contribution in [0.2, 0.25) is 0 Å². The van der Waals surface area contributed by atoms with Gasteiger partial charge in [0.25, 0.3) is 0 Å². The normalized spacial score (nSPS) is 12.3. The lowest BCUT2D eigenvalue weighted by Crippen LogP contribution is -2.27. The van der Waals surface area contributed by atoms with Crippen LogP contribution in [0.5, 0.6) is 0 Å². The van der Waals surface area contributed by atoms with Crippen molar-refractivity contribution in [3.8, 4) is 0 Å². The molecule has 1 atom stereocenters. The van der Waals surface area contributed by atoms with Crippen LogP contribution in [0.15, 0.2) is 60.9 Å². The zero-order valence-corrected chi connectivity index (χ0v) is 16.1. The van der Waals surface area contributed by atoms with Gasteiger partial charge < -0.3 is 20.5 Å². The van der Waals surface area contributed by atoms with Crippen LogP contribution in [-0.2, 0) is 11.2 Å². The van der Waals surface area contributed by atoms with Crippen LogP contribution in [0.3, 0.4) is 0 Å². The summed E-state index contributed by atoms with van der Waals surface area (Å²) in [5, 5.41) is 22.3. The highest BCUT2D eigenvalue weighted by Gasteiger charge is 2.38. The van der Waals surface area contributed by atoms with E-state index in [-0.39, 0.29) is 12.6 Å². The minimum atomic E-state index is -5.08. The average molecular weight is 432 g/mol. The van der Waals surface area contributed by atoms with E-state index in [1.54, 1.807) is 0 Å². The quantitative estimate of drug-likeness (QED) is 0.382. The van der Waals surface area contributed by atoms with Crippen molar-refractivity contribution in [3.05, 3.63) is 66.5 Å². The molecule has 1 unspecified atom stereocenters. The molecule has 0 saturated heterocycles. The molecule has 0 aliphatic carbocycles. The molecule has 0 aliphatic rings. The van der Waals surface area contributed by atoms with Gasteiger partial charge in [-0.1, -0.05) is 48.5 Å². The van der Waals surface area contributed by atoms with Crippen molar-refractivity contribution in [2.24, 2.45) is 0 Å². The van der Waals surface area contributed by atoms with Gasteiger partial charge in [-0.3, -0.25) is 0 Å². The van der Waals surface area contributed by atoms with Gasteiger partial charge in [0.2, 0.25) is 0 Å². The van der Waals surface area contributed by atoms with E-state index in [2.05, 4.69) is 32.4 Å². The second kappa shape index (κ2) is 9.43. The molecule has 31 heavy (non-hydrogen) atoms. The smallest absolute Gasteiger partial charge is 0.475 e. The third-order valence-corrected chi connectivity index (χ3v) is 4.43. The summed E-state index contributed by atoms with van der Waals surface area (Å²) in [7, 11) is 0. The van der Waals surface area contributed by atoms with E-state index in [0.29, 0.717) is 0 Å². The number of benzene rings is 2. The Hall–Kier alpha value is -3.66. The highest BCUT2D eigenvalue weighted by molar-refractivity contribution is 6.10. The minimum Gasteiger partial charge on any atom is -0.475 e. The Balaban J connectivity index is 0.000000339. The van der Waals surface area contributed by atoms with E-state index in [9.17, 15) is 18.3 Å². The molecular weight excluding hydrogens is 413 g/mol. The molecule has 0 spiro atoms. The zero-order valence-electron chi connectivity index (χ0n) is 16.1. The predicted molar refractivity (Wildman–Crippen MR) is 110 cm³/mol. The largest absolute Gasteiger partial charge is 0.490 e. The van der Waals surface area contributed by atoms with Crippen molar-refractivity contribution in [3.63, 3.8) is 0 Å². The molecule has 0 fully saturated rings. The number of carboxylic acids is 1. The van der Waals surface area contributed by atoms with E-state index in [4.69, 9.17) is 9.90 Å². The highest BCUT2D eigenvalue weighted by Crippen LogP contribution is 2.29. The number of halogens is 3. The molecule has 4 rings (SSSR count). The lowest BCUT2D eigenvalue weighted by Gasteiger charge is -2.17. The second-order valence-corrected chi connectivity index (χ2v) is 6.63. The molecule has 0 saturated carbocycles. The van der Waals surface area contributed by atoms with Crippen molar-refractivity contribution in [1.82, 2.24) is 15.0 Å². The Kier molecular flexibility index (Phi) is 6.71. The van der Waals surface area contributed by atoms with E-state index in [1.807, 2.05) is 42.5 Å². The molecule has 4 N–H and O–H groups in total. The Labute approximate surface area is 174 Å². The number of anilines is 1. The van der Waals surface area contributed by atoms with Gasteiger partial charge in [-0.05, 0) is 18.1 Å². The van der Waals surface area contributed by atoms with Crippen molar-refractivity contribution < 1.29 is 28.2 Å². The van der Waals surface area contributed by atoms with E-state index >= 15 is 0 Å². The van der Waals surface area contributed by atoms with Gasteiger partial charge in [-0.15, -0.1) is 0 Å². The first kappa shape index (κ1) is 22.0. The van der Waals surface area contributed by atoms with Gasteiger partial charge in [0.1, 0.15) is 17.8 Å². The van der Waals surface area contributed by atoms with Crippen LogP contribution in [0.1, 0.15) is 5.56 Å². The molecule has 2 aromatic heterocycles. The number of carbonyl (C=O) groups is 1. The van der Waals surface area contributed by atoms with Gasteiger partial charge in [0, 0.05) is 10.9 Å². The van der Waals surface area contributed by atoms with Crippen molar-refractivity contribution >= 4 is 33.7 Å². The number of alkyl halides is 3. The molecule has 7 nitrogen and oxygen atoms in total. The summed E-state index contributed by atoms with van der Waals surface area (Å²) in [6, 6.07) is 18.1. The average Bonchev–Trinajstić information content (AvgIpc) is 3.13. The number of hydrogen-bond acceptors (Lipinski definition) is 5. The van der Waals surface area contributed by atoms with Crippen LogP contribution >= 0.6 is 0 Å². The number of nitrogens with one attached hydrogen (secondary N) is 2. The van der Waals surface area contributed by atoms with Gasteiger partial charge in [-0.2, -0.15) is 13.2 Å². The molecule has 10 heteroatoms. The summed E-state index contributed by atoms with van der Waals surface area (Å²) in [6.45, 7) is 0.0305. The monoisotopic (exact) mass is 432 g/mol. The SMILES string of the molecule is O=C(O)C(F)(F)F.OCC(Cc1ccccc1)Nc1ncnc2[nH]c3ccccc3c12. The number of rotatable bonds is 5. The number of para-hydroxylation sites is 1. The van der Waals surface area contributed by atoms with Gasteiger partial charge >= 0.3 is 12.1 Å². The maximum Gasteiger partial charge on any atom is 0.490 e. The second-order valence-electron chi connectivity index (χ2n) is 6.63. The number of H-pyrrole nitrogens is 1. The Morgan fingerprint density at radius 1 is 1.06 bits per heavy atom. The van der Waals surface area contributed by atoms with E-state index in [0.717, 1.165) is 34.2 Å². The first-order valence-electron chi connectivity index (χ1n) is 9.22. The number of nitrogens with zero attached hydrogens (tertiary/aromatic N) is 2. The van der Waals surface area contributed by atoms with Crippen LogP contribution < -0.4 is 5.32 Å². The molecule has 0 amide bonds. The highest BCUT2D eigenvalue weighted by atomic mass is 19.4. The summed E-state index contributed by atoms with van der Waals surface area (Å²) in [6.07, 6.45) is -2.82. The van der Waals surface area contributed by atoms with E-state index < -0.39 is 12.1 Å². The van der Waals surface area contributed by atoms with Crippen molar-refractivity contribution in [2.45, 2.75) is 18.6 Å². The molecule has 0 aliphatic heterocycles. The number of aromatic nitrogens is 3. The lowest BCUT2D eigenvalue weighted by atomic mass is 10.1. The topological polar surface area (TPSA) is 111 Å². The zero-order chi connectivity index (χ0) is 22.4. The van der Waals surface area contributed by atoms with Crippen LogP contribution in [-0.4, -0.2) is 50.0 Å². The summed E-state index contributed by atoms with van der Waals surface area (Å²) in [5.74, 6) is -2.01. The van der Waals surface area contributed by atoms with Gasteiger partial charge in [0.15, 0.2) is 0 Å². The molecular formula is C21H19F3N4O3. The predicted octanol–water partition coefficient (Wildman–Crippen LogP) is 3.76. The number of aliphatic hydroxyl groups excluding tert-OH is 1. The maximum atomic E-state index is 10.6. The fourth-order valence-corrected chi connectivity index (χ4v) is 3.04. The van der Waals surface area contributed by atoms with Gasteiger partial charge in [0.05, 0.1) is 18.0 Å². The molecule has 0 radical (unpaired) electrons. The fourth-order valence-electron chi connectivity index (χ4n) is 3.04. The summed E-state index contributed by atoms with van der Waals surface area (Å²) < 4.78 is 31.7. The van der Waals surface area contributed by atoms with Crippen molar-refractivity contribution in [2.75, 3.05) is 11.9 Å². The first-order chi connectivity index (χ1) is 14.8. The van der Waals surface area contributed by atoms with Crippen molar-refractivity contribution in [1.29, 1.82) is 0 Å². The molecule has 0 bridgehead atoms. The summed E-state index contributed by atoms with van der Waals surface area (Å²) in [5.41, 5.74) is 3.00. The number of aliphatic carboxylic acids is 1. The summed E-state index contributed by atoms with van der Waals surface area (Å²) in [4.78, 5) is 20.9. The van der Waals surface area contributed by atoms with E-state index in [1.165, 1.54) is 11.9 Å². The molecule has 2 aromatic carbocycles. The number of aromatic amines is 1. The van der Waals surface area contributed by atoms with Crippen LogP contribution in [0.4, 0.5) is 19.0 Å². The molecule has 4 aromatic rings. The Morgan fingerprint density at radius 3 is 2.35 bits per heavy atom. The first-order valence-corrected chi connectivity index (χ1v) is 9.22. The summed E-state index contributed by atoms with van der Waals surface area (Å²) >= 11 is 0. The Morgan fingerprint density at radius 2 is 1.71 bits per heavy atom. The van der Waals surface area contributed by atoms with Crippen LogP contribution in [0.25, 0.3) is 21.9 Å². The Bertz CT molecular complexity index is 1160. The molecule has 162 valence electrons. The number of hydrogen-bond donors (Lipinski definition) is 4. The number of aliphatic hydroxyl groups is 1. The standard InChI is InChI=1S/C19H18N4O.C2HF3O2/c24-11-14(10-13-6-2-1-3-7-13)22-18-17-15-8-4-5-9-16(15)23-19(17)21-12-20-18;3-2(4,5)1(6)7/h1-9,12,14,24H,10-11H2,(H2,20,21,22,23);(H,6,7). The van der Waals surface area contributed by atoms with Crippen LogP contribution in [0, 0.1) is 0 Å². The lowest BCUT2D eigenvalue weighted by molar-refractivity contribution is -0.192.